The minimum absolute atomic E-state index is 0.524. The summed E-state index contributed by atoms with van der Waals surface area (Å²) in [6.07, 6.45) is 0. The largest absolute Gasteiger partial charge is 0.486 e. The van der Waals surface area contributed by atoms with Crippen LogP contribution in [0.15, 0.2) is 12.1 Å². The van der Waals surface area contributed by atoms with Gasteiger partial charge in [0.2, 0.25) is 0 Å². The van der Waals surface area contributed by atoms with Gasteiger partial charge < -0.3 is 14.8 Å². The molecule has 4 nitrogen and oxygen atoms in total. The zero-order valence-corrected chi connectivity index (χ0v) is 12.7. The Balaban J connectivity index is 1.92. The highest BCUT2D eigenvalue weighted by Crippen LogP contribution is 2.39. The van der Waals surface area contributed by atoms with Crippen LogP contribution in [0.1, 0.15) is 25.0 Å². The predicted octanol–water partition coefficient (Wildman–Crippen LogP) is 2.07. The maximum absolute atomic E-state index is 14.6. The van der Waals surface area contributed by atoms with Gasteiger partial charge in [0.25, 0.3) is 0 Å². The van der Waals surface area contributed by atoms with Crippen molar-refractivity contribution in [2.45, 2.75) is 26.1 Å². The van der Waals surface area contributed by atoms with E-state index in [2.05, 4.69) is 10.2 Å². The van der Waals surface area contributed by atoms with Crippen LogP contribution in [0.4, 0.5) is 4.39 Å². The molecule has 1 fully saturated rings. The molecule has 0 spiro atoms. The van der Waals surface area contributed by atoms with Crippen LogP contribution in [0.25, 0.3) is 0 Å². The lowest BCUT2D eigenvalue weighted by atomic mass is 9.93. The first-order valence-electron chi connectivity index (χ1n) is 7.59. The molecular weight excluding hydrogens is 271 g/mol. The SMILES string of the molecule is CC(C)(F)c1cc2c(cc1CN1CCNCC1)OCCO2. The van der Waals surface area contributed by atoms with Crippen LogP contribution in [-0.2, 0) is 12.2 Å². The maximum Gasteiger partial charge on any atom is 0.161 e. The van der Waals surface area contributed by atoms with E-state index in [1.54, 1.807) is 13.8 Å². The first-order valence-corrected chi connectivity index (χ1v) is 7.59. The molecular formula is C16H23FN2O2. The zero-order chi connectivity index (χ0) is 14.9. The first kappa shape index (κ1) is 14.6. The molecule has 1 saturated heterocycles. The zero-order valence-electron chi connectivity index (χ0n) is 12.7. The molecule has 2 heterocycles. The van der Waals surface area contributed by atoms with E-state index in [1.165, 1.54) is 0 Å². The van der Waals surface area contributed by atoms with E-state index in [0.717, 1.165) is 44.0 Å². The van der Waals surface area contributed by atoms with Crippen molar-refractivity contribution in [3.05, 3.63) is 23.3 Å². The molecule has 0 bridgehead atoms. The van der Waals surface area contributed by atoms with Crippen molar-refractivity contribution in [2.75, 3.05) is 39.4 Å². The summed E-state index contributed by atoms with van der Waals surface area (Å²) >= 11 is 0. The molecule has 2 aliphatic rings. The van der Waals surface area contributed by atoms with Crippen LogP contribution in [0.2, 0.25) is 0 Å². The standard InChI is InChI=1S/C16H23FN2O2/c1-16(2,17)13-10-15-14(20-7-8-21-15)9-12(13)11-19-5-3-18-4-6-19/h9-10,18H,3-8,11H2,1-2H3. The summed E-state index contributed by atoms with van der Waals surface area (Å²) in [6.45, 7) is 8.97. The lowest BCUT2D eigenvalue weighted by molar-refractivity contribution is 0.167. The number of nitrogens with zero attached hydrogens (tertiary/aromatic N) is 1. The number of hydrogen-bond acceptors (Lipinski definition) is 4. The number of alkyl halides is 1. The number of hydrogen-bond donors (Lipinski definition) is 1. The normalized spacial score (nSPS) is 19.6. The van der Waals surface area contributed by atoms with Gasteiger partial charge in [-0.25, -0.2) is 4.39 Å². The first-order chi connectivity index (χ1) is 10.0. The third kappa shape index (κ3) is 3.30. The lowest BCUT2D eigenvalue weighted by Crippen LogP contribution is -2.43. The van der Waals surface area contributed by atoms with E-state index < -0.39 is 5.67 Å². The monoisotopic (exact) mass is 294 g/mol. The van der Waals surface area contributed by atoms with Gasteiger partial charge in [0.1, 0.15) is 18.9 Å². The maximum atomic E-state index is 14.6. The number of nitrogens with one attached hydrogen (secondary N) is 1. The summed E-state index contributed by atoms with van der Waals surface area (Å²) in [5.41, 5.74) is 0.304. The van der Waals surface area contributed by atoms with Gasteiger partial charge in [0.05, 0.1) is 0 Å². The molecule has 0 unspecified atom stereocenters. The molecule has 116 valence electrons. The fourth-order valence-electron chi connectivity index (χ4n) is 2.93. The van der Waals surface area contributed by atoms with E-state index >= 15 is 0 Å². The number of piperazine rings is 1. The van der Waals surface area contributed by atoms with Gasteiger partial charge in [-0.05, 0) is 37.1 Å². The Morgan fingerprint density at radius 1 is 1.14 bits per heavy atom. The molecule has 2 aliphatic heterocycles. The fraction of sp³-hybridized carbons (Fsp3) is 0.625. The number of rotatable bonds is 3. The number of fused-ring (bicyclic) bond motifs is 1. The number of halogens is 1. The summed E-state index contributed by atoms with van der Waals surface area (Å²) in [5, 5.41) is 3.33. The highest BCUT2D eigenvalue weighted by atomic mass is 19.1. The van der Waals surface area contributed by atoms with E-state index in [0.29, 0.717) is 24.5 Å². The molecule has 5 heteroatoms. The molecule has 0 radical (unpaired) electrons. The predicted molar refractivity (Wildman–Crippen MR) is 79.7 cm³/mol. The summed E-state index contributed by atoms with van der Waals surface area (Å²) in [7, 11) is 0. The molecule has 3 rings (SSSR count). The van der Waals surface area contributed by atoms with Gasteiger partial charge in [-0.1, -0.05) is 0 Å². The highest BCUT2D eigenvalue weighted by Gasteiger charge is 2.27. The number of ether oxygens (including phenoxy) is 2. The molecule has 1 aromatic rings. The van der Waals surface area contributed by atoms with E-state index in [-0.39, 0.29) is 0 Å². The van der Waals surface area contributed by atoms with Crippen molar-refractivity contribution in [1.82, 2.24) is 10.2 Å². The second-order valence-electron chi connectivity index (χ2n) is 6.15. The van der Waals surface area contributed by atoms with Crippen molar-refractivity contribution in [3.63, 3.8) is 0 Å². The molecule has 0 atom stereocenters. The fourth-order valence-corrected chi connectivity index (χ4v) is 2.93. The molecule has 0 aromatic heterocycles. The average molecular weight is 294 g/mol. The van der Waals surface area contributed by atoms with E-state index in [4.69, 9.17) is 9.47 Å². The van der Waals surface area contributed by atoms with Crippen molar-refractivity contribution in [1.29, 1.82) is 0 Å². The minimum Gasteiger partial charge on any atom is -0.486 e. The van der Waals surface area contributed by atoms with Crippen molar-refractivity contribution < 1.29 is 13.9 Å². The van der Waals surface area contributed by atoms with Gasteiger partial charge in [-0.2, -0.15) is 0 Å². The van der Waals surface area contributed by atoms with Gasteiger partial charge >= 0.3 is 0 Å². The third-order valence-electron chi connectivity index (χ3n) is 4.01. The summed E-state index contributed by atoms with van der Waals surface area (Å²) < 4.78 is 25.8. The van der Waals surface area contributed by atoms with Crippen LogP contribution in [-0.4, -0.2) is 44.3 Å². The molecule has 0 aliphatic carbocycles. The highest BCUT2D eigenvalue weighted by molar-refractivity contribution is 5.49. The Hall–Kier alpha value is -1.33. The Morgan fingerprint density at radius 2 is 1.76 bits per heavy atom. The van der Waals surface area contributed by atoms with Crippen LogP contribution >= 0.6 is 0 Å². The Morgan fingerprint density at radius 3 is 2.38 bits per heavy atom. The van der Waals surface area contributed by atoms with Gasteiger partial charge in [-0.3, -0.25) is 4.90 Å². The quantitative estimate of drug-likeness (QED) is 0.925. The van der Waals surface area contributed by atoms with E-state index in [1.807, 2.05) is 12.1 Å². The topological polar surface area (TPSA) is 33.7 Å². The summed E-state index contributed by atoms with van der Waals surface area (Å²) in [5.74, 6) is 1.39. The average Bonchev–Trinajstić information content (AvgIpc) is 2.46. The minimum atomic E-state index is -1.39. The lowest BCUT2D eigenvalue weighted by Gasteiger charge is -2.30. The summed E-state index contributed by atoms with van der Waals surface area (Å²) in [4.78, 5) is 2.34. The Kier molecular flexibility index (Phi) is 4.04. The van der Waals surface area contributed by atoms with Crippen LogP contribution in [0.5, 0.6) is 11.5 Å². The summed E-state index contributed by atoms with van der Waals surface area (Å²) in [6, 6.07) is 3.76. The van der Waals surface area contributed by atoms with Crippen molar-refractivity contribution in [3.8, 4) is 11.5 Å². The molecule has 0 amide bonds. The van der Waals surface area contributed by atoms with Crippen molar-refractivity contribution in [2.24, 2.45) is 0 Å². The Bertz CT molecular complexity index is 508. The van der Waals surface area contributed by atoms with Gasteiger partial charge in [0, 0.05) is 32.7 Å². The third-order valence-corrected chi connectivity index (χ3v) is 4.01. The van der Waals surface area contributed by atoms with Crippen LogP contribution in [0.3, 0.4) is 0 Å². The molecule has 0 saturated carbocycles. The second-order valence-corrected chi connectivity index (χ2v) is 6.15. The van der Waals surface area contributed by atoms with Crippen LogP contribution < -0.4 is 14.8 Å². The van der Waals surface area contributed by atoms with Gasteiger partial charge in [0.15, 0.2) is 11.5 Å². The molecule has 1 aromatic carbocycles. The van der Waals surface area contributed by atoms with Crippen LogP contribution in [0, 0.1) is 0 Å². The molecule has 1 N–H and O–H groups in total. The van der Waals surface area contributed by atoms with Gasteiger partial charge in [-0.15, -0.1) is 0 Å². The molecule has 21 heavy (non-hydrogen) atoms. The second kappa shape index (κ2) is 5.81. The smallest absolute Gasteiger partial charge is 0.161 e. The number of benzene rings is 1. The van der Waals surface area contributed by atoms with E-state index in [9.17, 15) is 4.39 Å². The Labute approximate surface area is 125 Å². The van der Waals surface area contributed by atoms with Crippen molar-refractivity contribution >= 4 is 0 Å².